The Morgan fingerprint density at radius 2 is 1.95 bits per heavy atom. The average molecular weight is 299 g/mol. The molecule has 2 aromatic rings. The van der Waals surface area contributed by atoms with E-state index in [-0.39, 0.29) is 5.75 Å². The molecule has 0 spiro atoms. The van der Waals surface area contributed by atoms with Gasteiger partial charge < -0.3 is 15.3 Å². The number of rotatable bonds is 2. The van der Waals surface area contributed by atoms with Crippen LogP contribution in [0.15, 0.2) is 23.0 Å². The molecule has 3 rings (SSSR count). The van der Waals surface area contributed by atoms with Crippen molar-refractivity contribution in [2.75, 3.05) is 0 Å². The van der Waals surface area contributed by atoms with E-state index in [0.29, 0.717) is 28.7 Å². The molecule has 1 aromatic carbocycles. The van der Waals surface area contributed by atoms with E-state index >= 15 is 0 Å². The second kappa shape index (κ2) is 5.10. The topological polar surface area (TPSA) is 90.7 Å². The molecule has 1 aromatic heterocycles. The van der Waals surface area contributed by atoms with Crippen molar-refractivity contribution in [3.63, 3.8) is 0 Å². The lowest BCUT2D eigenvalue weighted by Gasteiger charge is -2.12. The zero-order valence-electron chi connectivity index (χ0n) is 12.4. The van der Waals surface area contributed by atoms with Crippen LogP contribution in [0.5, 0.6) is 11.5 Å². The minimum absolute atomic E-state index is 0.308. The smallest absolute Gasteiger partial charge is 0.182 e. The van der Waals surface area contributed by atoms with E-state index in [9.17, 15) is 20.1 Å². The fourth-order valence-corrected chi connectivity index (χ4v) is 3.08. The predicted molar refractivity (Wildman–Crippen MR) is 82.1 cm³/mol. The molecule has 0 fully saturated rings. The number of pyridine rings is 1. The average Bonchev–Trinajstić information content (AvgIpc) is 2.64. The minimum Gasteiger partial charge on any atom is -0.504 e. The van der Waals surface area contributed by atoms with E-state index in [4.69, 9.17) is 0 Å². The molecule has 5 nitrogen and oxygen atoms in total. The van der Waals surface area contributed by atoms with Gasteiger partial charge in [-0.05, 0) is 31.0 Å². The molecule has 0 saturated carbocycles. The van der Waals surface area contributed by atoms with Crippen molar-refractivity contribution in [2.45, 2.75) is 32.8 Å². The first-order chi connectivity index (χ1) is 10.4. The van der Waals surface area contributed by atoms with Crippen LogP contribution >= 0.6 is 0 Å². The van der Waals surface area contributed by atoms with Crippen molar-refractivity contribution >= 4 is 0 Å². The van der Waals surface area contributed by atoms with Gasteiger partial charge in [0.25, 0.3) is 0 Å². The lowest BCUT2D eigenvalue weighted by molar-refractivity contribution is 0.223. The molecule has 1 aliphatic carbocycles. The van der Waals surface area contributed by atoms with Crippen molar-refractivity contribution in [2.24, 2.45) is 0 Å². The van der Waals surface area contributed by atoms with Crippen LogP contribution in [0.2, 0.25) is 0 Å². The number of nitrogens with zero attached hydrogens (tertiary/aromatic N) is 1. The van der Waals surface area contributed by atoms with Gasteiger partial charge in [0.15, 0.2) is 16.9 Å². The number of aromatic nitrogens is 1. The van der Waals surface area contributed by atoms with Crippen molar-refractivity contribution < 1.29 is 15.3 Å². The van der Waals surface area contributed by atoms with E-state index in [0.717, 1.165) is 23.9 Å². The second-order valence-corrected chi connectivity index (χ2v) is 5.58. The van der Waals surface area contributed by atoms with Crippen molar-refractivity contribution in [1.29, 1.82) is 0 Å². The Morgan fingerprint density at radius 1 is 1.23 bits per heavy atom. The number of aryl methyl sites for hydroxylation is 2. The quantitative estimate of drug-likeness (QED) is 0.790. The molecule has 0 amide bonds. The van der Waals surface area contributed by atoms with E-state index < -0.39 is 17.3 Å². The first kappa shape index (κ1) is 14.5. The first-order valence-electron chi connectivity index (χ1n) is 7.23. The van der Waals surface area contributed by atoms with Gasteiger partial charge >= 0.3 is 0 Å². The highest BCUT2D eigenvalue weighted by molar-refractivity contribution is 5.84. The molecule has 1 heterocycles. The van der Waals surface area contributed by atoms with Crippen molar-refractivity contribution in [1.82, 2.24) is 4.98 Å². The number of aliphatic hydroxyl groups excluding tert-OH is 1. The lowest BCUT2D eigenvalue weighted by atomic mass is 10.0. The molecule has 0 bridgehead atoms. The molecule has 1 unspecified atom stereocenters. The Hall–Kier alpha value is -2.40. The van der Waals surface area contributed by atoms with Crippen LogP contribution in [0, 0.1) is 6.92 Å². The van der Waals surface area contributed by atoms with E-state index in [2.05, 4.69) is 4.98 Å². The highest BCUT2D eigenvalue weighted by Crippen LogP contribution is 2.50. The molecule has 22 heavy (non-hydrogen) atoms. The number of aromatic hydroxyl groups is 2. The molecule has 5 heteroatoms. The first-order valence-corrected chi connectivity index (χ1v) is 7.23. The molecule has 1 atom stereocenters. The monoisotopic (exact) mass is 299 g/mol. The fourth-order valence-electron chi connectivity index (χ4n) is 3.08. The normalized spacial score (nSPS) is 15.5. The maximum Gasteiger partial charge on any atom is 0.182 e. The third kappa shape index (κ3) is 2.05. The van der Waals surface area contributed by atoms with Crippen LogP contribution in [-0.2, 0) is 6.42 Å². The summed E-state index contributed by atoms with van der Waals surface area (Å²) in [6, 6.07) is 3.96. The van der Waals surface area contributed by atoms with E-state index in [1.54, 1.807) is 6.07 Å². The van der Waals surface area contributed by atoms with Crippen LogP contribution in [0.1, 0.15) is 42.0 Å². The Kier molecular flexibility index (Phi) is 3.37. The van der Waals surface area contributed by atoms with Crippen LogP contribution in [0.3, 0.4) is 0 Å². The number of aliphatic hydroxyl groups is 1. The number of fused-ring (bicyclic) bond motifs is 3. The standard InChI is InChI=1S/C17H17NO4/c1-3-4-12-15-10(5-8(2)18-12)14-11(16(15)21)6-9(19)7-13(20)17(14)22/h5-7,16,20-22H,3-4H2,1-2H3. The van der Waals surface area contributed by atoms with Gasteiger partial charge in [0.05, 0.1) is 0 Å². The Labute approximate surface area is 127 Å². The van der Waals surface area contributed by atoms with Gasteiger partial charge in [-0.3, -0.25) is 9.78 Å². The maximum absolute atomic E-state index is 11.8. The zero-order chi connectivity index (χ0) is 16.0. The number of hydrogen-bond donors (Lipinski definition) is 3. The summed E-state index contributed by atoms with van der Waals surface area (Å²) < 4.78 is 0. The molecule has 114 valence electrons. The molecule has 1 aliphatic rings. The SMILES string of the molecule is CCCc1nc(C)cc2c1C(O)c1cc(=O)cc(O)c(O)c1-2. The molecular weight excluding hydrogens is 282 g/mol. The van der Waals surface area contributed by atoms with Gasteiger partial charge in [-0.25, -0.2) is 0 Å². The summed E-state index contributed by atoms with van der Waals surface area (Å²) in [5.41, 5.74) is 2.91. The predicted octanol–water partition coefficient (Wildman–Crippen LogP) is 2.18. The van der Waals surface area contributed by atoms with Crippen molar-refractivity contribution in [3.8, 4) is 22.6 Å². The summed E-state index contributed by atoms with van der Waals surface area (Å²) in [6.07, 6.45) is 0.534. The molecule has 0 aliphatic heterocycles. The molecule has 3 N–H and O–H groups in total. The highest BCUT2D eigenvalue weighted by atomic mass is 16.3. The van der Waals surface area contributed by atoms with Gasteiger partial charge in [-0.15, -0.1) is 0 Å². The summed E-state index contributed by atoms with van der Waals surface area (Å²) in [6.45, 7) is 3.85. The summed E-state index contributed by atoms with van der Waals surface area (Å²) in [4.78, 5) is 16.3. The van der Waals surface area contributed by atoms with Gasteiger partial charge in [-0.1, -0.05) is 13.3 Å². The molecule has 0 saturated heterocycles. The van der Waals surface area contributed by atoms with Gasteiger partial charge in [0.1, 0.15) is 6.10 Å². The van der Waals surface area contributed by atoms with Gasteiger partial charge in [0.2, 0.25) is 0 Å². The van der Waals surface area contributed by atoms with E-state index in [1.165, 1.54) is 6.07 Å². The largest absolute Gasteiger partial charge is 0.504 e. The van der Waals surface area contributed by atoms with Crippen molar-refractivity contribution in [3.05, 3.63) is 50.9 Å². The van der Waals surface area contributed by atoms with Gasteiger partial charge in [-0.2, -0.15) is 0 Å². The van der Waals surface area contributed by atoms with Crippen LogP contribution in [0.4, 0.5) is 0 Å². The minimum atomic E-state index is -1.02. The third-order valence-corrected chi connectivity index (χ3v) is 3.93. The van der Waals surface area contributed by atoms with Crippen LogP contribution in [0.25, 0.3) is 11.1 Å². The lowest BCUT2D eigenvalue weighted by Crippen LogP contribution is -2.04. The fraction of sp³-hybridized carbons (Fsp3) is 0.294. The Morgan fingerprint density at radius 3 is 2.64 bits per heavy atom. The summed E-state index contributed by atoms with van der Waals surface area (Å²) >= 11 is 0. The van der Waals surface area contributed by atoms with Crippen LogP contribution in [-0.4, -0.2) is 20.3 Å². The second-order valence-electron chi connectivity index (χ2n) is 5.58. The van der Waals surface area contributed by atoms with Crippen LogP contribution < -0.4 is 5.43 Å². The van der Waals surface area contributed by atoms with E-state index in [1.807, 2.05) is 13.8 Å². The highest BCUT2D eigenvalue weighted by Gasteiger charge is 2.33. The maximum atomic E-state index is 11.8. The summed E-state index contributed by atoms with van der Waals surface area (Å²) in [5.74, 6) is -0.874. The number of hydrogen-bond acceptors (Lipinski definition) is 5. The summed E-state index contributed by atoms with van der Waals surface area (Å²) in [5, 5.41) is 30.7. The molecule has 0 radical (unpaired) electrons. The zero-order valence-corrected chi connectivity index (χ0v) is 12.4. The van der Waals surface area contributed by atoms with Gasteiger partial charge in [0, 0.05) is 34.1 Å². The molecular formula is C17H17NO4. The Balaban J connectivity index is 2.42. The Bertz CT molecular complexity index is 830. The summed E-state index contributed by atoms with van der Waals surface area (Å²) in [7, 11) is 0. The third-order valence-electron chi connectivity index (χ3n) is 3.93.